The van der Waals surface area contributed by atoms with Gasteiger partial charge in [-0.15, -0.1) is 0 Å². The third kappa shape index (κ3) is 3.90. The fourth-order valence-electron chi connectivity index (χ4n) is 2.37. The maximum atomic E-state index is 12.9. The summed E-state index contributed by atoms with van der Waals surface area (Å²) >= 11 is 0.233. The molecule has 0 aliphatic heterocycles. The van der Waals surface area contributed by atoms with Crippen LogP contribution in [0.1, 0.15) is 25.8 Å². The Morgan fingerprint density at radius 3 is 2.41 bits per heavy atom. The Balaban J connectivity index is 1.61. The van der Waals surface area contributed by atoms with Gasteiger partial charge < -0.3 is 0 Å². The van der Waals surface area contributed by atoms with Crippen LogP contribution < -0.4 is 0 Å². The summed E-state index contributed by atoms with van der Waals surface area (Å²) in [4.78, 5) is 0. The van der Waals surface area contributed by atoms with Gasteiger partial charge >= 0.3 is 135 Å². The van der Waals surface area contributed by atoms with E-state index in [-0.39, 0.29) is 20.3 Å². The number of hydrogen-bond acceptors (Lipinski definition) is 2. The summed E-state index contributed by atoms with van der Waals surface area (Å²) in [5, 5.41) is 8.64. The third-order valence-corrected chi connectivity index (χ3v) is 5.71. The number of nitrogens with zero attached hydrogens (tertiary/aromatic N) is 2. The van der Waals surface area contributed by atoms with Gasteiger partial charge in [0, 0.05) is 0 Å². The molecule has 3 aromatic rings. The minimum absolute atomic E-state index is 0.196. The Kier molecular flexibility index (Phi) is 4.81. The summed E-state index contributed by atoms with van der Waals surface area (Å²) in [6.45, 7) is 2.15. The summed E-state index contributed by atoms with van der Waals surface area (Å²) in [7, 11) is 0. The van der Waals surface area contributed by atoms with Gasteiger partial charge in [0.25, 0.3) is 0 Å². The standard InChI is InChI=1S/C18H17FN2Se/c1-13-4-2-3-5-15(13)8-11-17-20-21-18(22-17)12-14-6-9-16(19)10-7-14/h2-7,9-10H,8,11-12H2,1H3. The van der Waals surface area contributed by atoms with Gasteiger partial charge in [-0.1, -0.05) is 0 Å². The van der Waals surface area contributed by atoms with Crippen LogP contribution in [0.4, 0.5) is 4.39 Å². The first-order chi connectivity index (χ1) is 10.7. The van der Waals surface area contributed by atoms with Crippen molar-refractivity contribution >= 4 is 14.5 Å². The molecule has 0 spiro atoms. The van der Waals surface area contributed by atoms with E-state index < -0.39 is 0 Å². The molecule has 1 aromatic heterocycles. The molecule has 0 saturated carbocycles. The van der Waals surface area contributed by atoms with E-state index in [1.54, 1.807) is 0 Å². The molecule has 2 nitrogen and oxygen atoms in total. The van der Waals surface area contributed by atoms with Gasteiger partial charge in [0.15, 0.2) is 0 Å². The predicted octanol–water partition coefficient (Wildman–Crippen LogP) is 3.36. The van der Waals surface area contributed by atoms with Gasteiger partial charge in [-0.25, -0.2) is 0 Å². The first kappa shape index (κ1) is 15.1. The zero-order chi connectivity index (χ0) is 15.4. The second kappa shape index (κ2) is 6.99. The van der Waals surface area contributed by atoms with Crippen molar-refractivity contribution in [2.24, 2.45) is 0 Å². The van der Waals surface area contributed by atoms with Crippen LogP contribution in [0, 0.1) is 12.7 Å². The van der Waals surface area contributed by atoms with Gasteiger partial charge in [0.05, 0.1) is 0 Å². The van der Waals surface area contributed by atoms with Gasteiger partial charge in [0.2, 0.25) is 0 Å². The summed E-state index contributed by atoms with van der Waals surface area (Å²) in [6.07, 6.45) is 2.77. The van der Waals surface area contributed by atoms with E-state index in [1.807, 2.05) is 12.1 Å². The molecule has 2 aromatic carbocycles. The molecule has 112 valence electrons. The molecule has 1 heterocycles. The number of benzene rings is 2. The van der Waals surface area contributed by atoms with Crippen molar-refractivity contribution in [3.63, 3.8) is 0 Å². The van der Waals surface area contributed by atoms with Crippen LogP contribution in [0.3, 0.4) is 0 Å². The van der Waals surface area contributed by atoms with Gasteiger partial charge in [-0.05, 0) is 0 Å². The molecule has 0 aliphatic carbocycles. The number of aromatic nitrogens is 2. The van der Waals surface area contributed by atoms with E-state index >= 15 is 0 Å². The molecule has 0 unspecified atom stereocenters. The molecule has 22 heavy (non-hydrogen) atoms. The average Bonchev–Trinajstić information content (AvgIpc) is 2.96. The first-order valence-corrected chi connectivity index (χ1v) is 9.02. The van der Waals surface area contributed by atoms with Crippen molar-refractivity contribution in [1.82, 2.24) is 10.2 Å². The molecule has 0 atom stereocenters. The summed E-state index contributed by atoms with van der Waals surface area (Å²) in [5.74, 6) is -0.196. The molecule has 0 saturated heterocycles. The number of aryl methyl sites for hydroxylation is 3. The minimum atomic E-state index is -0.196. The SMILES string of the molecule is Cc1ccccc1CCc1nnc(Cc2ccc(F)cc2)[se]1. The van der Waals surface area contributed by atoms with Crippen molar-refractivity contribution in [2.45, 2.75) is 26.2 Å². The number of halogens is 1. The van der Waals surface area contributed by atoms with E-state index in [0.717, 1.165) is 29.4 Å². The maximum absolute atomic E-state index is 12.9. The van der Waals surface area contributed by atoms with Crippen molar-refractivity contribution in [1.29, 1.82) is 0 Å². The Morgan fingerprint density at radius 2 is 1.64 bits per heavy atom. The summed E-state index contributed by atoms with van der Waals surface area (Å²) in [6, 6.07) is 15.1. The van der Waals surface area contributed by atoms with Crippen molar-refractivity contribution in [3.8, 4) is 0 Å². The Hall–Kier alpha value is -1.77. The quantitative estimate of drug-likeness (QED) is 0.653. The van der Waals surface area contributed by atoms with Crippen LogP contribution in [0.2, 0.25) is 0 Å². The molecule has 0 radical (unpaired) electrons. The molecular weight excluding hydrogens is 342 g/mol. The Morgan fingerprint density at radius 1 is 0.909 bits per heavy atom. The van der Waals surface area contributed by atoms with Crippen LogP contribution in [-0.2, 0) is 19.3 Å². The average molecular weight is 359 g/mol. The predicted molar refractivity (Wildman–Crippen MR) is 86.8 cm³/mol. The van der Waals surface area contributed by atoms with E-state index in [0.29, 0.717) is 0 Å². The van der Waals surface area contributed by atoms with Gasteiger partial charge in [-0.2, -0.15) is 0 Å². The van der Waals surface area contributed by atoms with Gasteiger partial charge in [-0.3, -0.25) is 0 Å². The molecule has 0 amide bonds. The van der Waals surface area contributed by atoms with Crippen molar-refractivity contribution in [2.75, 3.05) is 0 Å². The van der Waals surface area contributed by atoms with Crippen molar-refractivity contribution in [3.05, 3.63) is 80.2 Å². The van der Waals surface area contributed by atoms with Crippen LogP contribution in [0.15, 0.2) is 48.5 Å². The van der Waals surface area contributed by atoms with E-state index in [4.69, 9.17) is 0 Å². The van der Waals surface area contributed by atoms with Crippen LogP contribution >= 0.6 is 0 Å². The molecule has 0 aliphatic rings. The second-order valence-electron chi connectivity index (χ2n) is 5.32. The van der Waals surface area contributed by atoms with Crippen LogP contribution in [0.5, 0.6) is 0 Å². The van der Waals surface area contributed by atoms with E-state index in [2.05, 4.69) is 41.4 Å². The van der Waals surface area contributed by atoms with Crippen molar-refractivity contribution < 1.29 is 4.39 Å². The molecule has 0 fully saturated rings. The molecule has 0 N–H and O–H groups in total. The fraction of sp³-hybridized carbons (Fsp3) is 0.222. The number of hydrogen-bond donors (Lipinski definition) is 0. The molecular formula is C18H17FN2Se. The zero-order valence-electron chi connectivity index (χ0n) is 12.4. The second-order valence-corrected chi connectivity index (χ2v) is 7.72. The fourth-order valence-corrected chi connectivity index (χ4v) is 4.21. The van der Waals surface area contributed by atoms with Gasteiger partial charge in [0.1, 0.15) is 0 Å². The Labute approximate surface area is 135 Å². The monoisotopic (exact) mass is 360 g/mol. The molecule has 0 bridgehead atoms. The zero-order valence-corrected chi connectivity index (χ0v) is 14.1. The summed E-state index contributed by atoms with van der Waals surface area (Å²) < 4.78 is 15.2. The normalized spacial score (nSPS) is 10.8. The first-order valence-electron chi connectivity index (χ1n) is 7.31. The van der Waals surface area contributed by atoms with Crippen LogP contribution in [-0.4, -0.2) is 24.7 Å². The molecule has 4 heteroatoms. The van der Waals surface area contributed by atoms with E-state index in [9.17, 15) is 4.39 Å². The topological polar surface area (TPSA) is 25.8 Å². The van der Waals surface area contributed by atoms with Crippen LogP contribution in [0.25, 0.3) is 0 Å². The third-order valence-electron chi connectivity index (χ3n) is 3.65. The Bertz CT molecular complexity index is 750. The summed E-state index contributed by atoms with van der Waals surface area (Å²) in [5.41, 5.74) is 3.81. The number of rotatable bonds is 5. The van der Waals surface area contributed by atoms with E-state index in [1.165, 1.54) is 27.8 Å². The molecule has 3 rings (SSSR count).